The van der Waals surface area contributed by atoms with Crippen LogP contribution in [0.25, 0.3) is 10.2 Å². The molecule has 0 radical (unpaired) electrons. The molecule has 3 N–H and O–H groups in total. The summed E-state index contributed by atoms with van der Waals surface area (Å²) in [6.07, 6.45) is 0. The minimum atomic E-state index is 0.562. The van der Waals surface area contributed by atoms with Crippen molar-refractivity contribution in [3.8, 4) is 0 Å². The van der Waals surface area contributed by atoms with E-state index in [0.717, 1.165) is 27.2 Å². The number of benzene rings is 2. The van der Waals surface area contributed by atoms with Crippen molar-refractivity contribution in [1.82, 2.24) is 4.98 Å². The topological polar surface area (TPSA) is 50.9 Å². The largest absolute Gasteiger partial charge is 0.398 e. The molecule has 0 fully saturated rings. The van der Waals surface area contributed by atoms with Crippen molar-refractivity contribution in [2.75, 3.05) is 11.1 Å². The fourth-order valence-electron chi connectivity index (χ4n) is 1.93. The van der Waals surface area contributed by atoms with Gasteiger partial charge in [0.05, 0.1) is 26.4 Å². The number of thiazole rings is 1. The van der Waals surface area contributed by atoms with E-state index in [9.17, 15) is 0 Å². The predicted octanol–water partition coefficient (Wildman–Crippen LogP) is 4.58. The Labute approximate surface area is 120 Å². The van der Waals surface area contributed by atoms with Gasteiger partial charge in [0.1, 0.15) is 0 Å². The van der Waals surface area contributed by atoms with Crippen LogP contribution in [0.3, 0.4) is 0 Å². The summed E-state index contributed by atoms with van der Waals surface area (Å²) in [7, 11) is 0. The lowest BCUT2D eigenvalue weighted by Crippen LogP contribution is -1.95. The summed E-state index contributed by atoms with van der Waals surface area (Å²) in [4.78, 5) is 4.26. The monoisotopic (exact) mass is 289 g/mol. The molecule has 96 valence electrons. The van der Waals surface area contributed by atoms with Gasteiger partial charge in [-0.2, -0.15) is 0 Å². The third-order valence-electron chi connectivity index (χ3n) is 2.95. The lowest BCUT2D eigenvalue weighted by atomic mass is 10.1. The maximum atomic E-state index is 6.06. The molecule has 0 bridgehead atoms. The standard InChI is InChI=1S/C14H12ClN3S/c1-8-4-11(16)10(15)6-13(8)18-9-2-3-12-14(5-9)19-7-17-12/h2-7,18H,16H2,1H3. The van der Waals surface area contributed by atoms with E-state index in [1.807, 2.05) is 36.7 Å². The molecule has 2 aromatic carbocycles. The van der Waals surface area contributed by atoms with Crippen molar-refractivity contribution >= 4 is 50.2 Å². The minimum Gasteiger partial charge on any atom is -0.398 e. The van der Waals surface area contributed by atoms with Crippen molar-refractivity contribution in [1.29, 1.82) is 0 Å². The van der Waals surface area contributed by atoms with Gasteiger partial charge in [-0.3, -0.25) is 0 Å². The van der Waals surface area contributed by atoms with Crippen LogP contribution in [-0.4, -0.2) is 4.98 Å². The average molecular weight is 290 g/mol. The molecule has 0 spiro atoms. The van der Waals surface area contributed by atoms with E-state index in [1.54, 1.807) is 11.3 Å². The van der Waals surface area contributed by atoms with Crippen LogP contribution < -0.4 is 11.1 Å². The van der Waals surface area contributed by atoms with Gasteiger partial charge < -0.3 is 11.1 Å². The van der Waals surface area contributed by atoms with Crippen LogP contribution in [0.15, 0.2) is 35.8 Å². The van der Waals surface area contributed by atoms with Crippen molar-refractivity contribution in [2.45, 2.75) is 6.92 Å². The summed E-state index contributed by atoms with van der Waals surface area (Å²) in [6.45, 7) is 2.00. The normalized spacial score (nSPS) is 10.8. The van der Waals surface area contributed by atoms with E-state index in [0.29, 0.717) is 10.7 Å². The first-order chi connectivity index (χ1) is 9.13. The van der Waals surface area contributed by atoms with E-state index in [1.165, 1.54) is 0 Å². The van der Waals surface area contributed by atoms with Crippen LogP contribution in [0.2, 0.25) is 5.02 Å². The van der Waals surface area contributed by atoms with E-state index in [2.05, 4.69) is 16.4 Å². The van der Waals surface area contributed by atoms with Gasteiger partial charge in [-0.05, 0) is 42.8 Å². The lowest BCUT2D eigenvalue weighted by molar-refractivity contribution is 1.43. The van der Waals surface area contributed by atoms with Gasteiger partial charge in [-0.15, -0.1) is 11.3 Å². The highest BCUT2D eigenvalue weighted by Gasteiger charge is 2.05. The molecule has 3 rings (SSSR count). The summed E-state index contributed by atoms with van der Waals surface area (Å²) in [5, 5.41) is 3.92. The number of nitrogen functional groups attached to an aromatic ring is 1. The molecule has 1 aromatic heterocycles. The fourth-order valence-corrected chi connectivity index (χ4v) is 2.81. The lowest BCUT2D eigenvalue weighted by Gasteiger charge is -2.11. The zero-order valence-corrected chi connectivity index (χ0v) is 11.8. The summed E-state index contributed by atoms with van der Waals surface area (Å²) in [5.41, 5.74) is 12.3. The number of fused-ring (bicyclic) bond motifs is 1. The van der Waals surface area contributed by atoms with Crippen LogP contribution in [0, 0.1) is 6.92 Å². The smallest absolute Gasteiger partial charge is 0.0813 e. The molecule has 0 atom stereocenters. The number of hydrogen-bond acceptors (Lipinski definition) is 4. The second-order valence-electron chi connectivity index (χ2n) is 4.35. The Morgan fingerprint density at radius 2 is 2.11 bits per heavy atom. The Bertz CT molecular complexity index is 752. The Kier molecular flexibility index (Phi) is 3.05. The van der Waals surface area contributed by atoms with Crippen molar-refractivity contribution < 1.29 is 0 Å². The van der Waals surface area contributed by atoms with Gasteiger partial charge in [0, 0.05) is 11.4 Å². The van der Waals surface area contributed by atoms with Gasteiger partial charge in [-0.1, -0.05) is 11.6 Å². The zero-order chi connectivity index (χ0) is 13.4. The molecular formula is C14H12ClN3S. The van der Waals surface area contributed by atoms with E-state index in [-0.39, 0.29) is 0 Å². The molecule has 0 aliphatic carbocycles. The van der Waals surface area contributed by atoms with E-state index < -0.39 is 0 Å². The van der Waals surface area contributed by atoms with Crippen molar-refractivity contribution in [3.63, 3.8) is 0 Å². The number of nitrogens with one attached hydrogen (secondary N) is 1. The molecule has 0 aliphatic heterocycles. The number of rotatable bonds is 2. The number of aryl methyl sites for hydroxylation is 1. The Hall–Kier alpha value is -1.78. The Balaban J connectivity index is 1.98. The van der Waals surface area contributed by atoms with Crippen molar-refractivity contribution in [2.24, 2.45) is 0 Å². The molecule has 0 aliphatic rings. The Morgan fingerprint density at radius 1 is 1.26 bits per heavy atom. The molecule has 0 amide bonds. The van der Waals surface area contributed by atoms with Gasteiger partial charge in [0.2, 0.25) is 0 Å². The summed E-state index contributed by atoms with van der Waals surface area (Å²) in [5.74, 6) is 0. The molecule has 3 nitrogen and oxygen atoms in total. The number of halogens is 1. The SMILES string of the molecule is Cc1cc(N)c(Cl)cc1Nc1ccc2ncsc2c1. The maximum absolute atomic E-state index is 6.06. The molecule has 19 heavy (non-hydrogen) atoms. The maximum Gasteiger partial charge on any atom is 0.0813 e. The highest BCUT2D eigenvalue weighted by atomic mass is 35.5. The predicted molar refractivity (Wildman–Crippen MR) is 83.5 cm³/mol. The highest BCUT2D eigenvalue weighted by Crippen LogP contribution is 2.30. The number of anilines is 3. The average Bonchev–Trinajstić information content (AvgIpc) is 2.83. The number of nitrogens with zero attached hydrogens (tertiary/aromatic N) is 1. The van der Waals surface area contributed by atoms with Crippen LogP contribution >= 0.6 is 22.9 Å². The first-order valence-electron chi connectivity index (χ1n) is 5.79. The molecule has 0 saturated carbocycles. The van der Waals surface area contributed by atoms with Crippen LogP contribution in [0.4, 0.5) is 17.1 Å². The molecule has 0 unspecified atom stereocenters. The number of hydrogen-bond donors (Lipinski definition) is 2. The summed E-state index contributed by atoms with van der Waals surface area (Å²) in [6, 6.07) is 9.81. The first kappa shape index (κ1) is 12.3. The Morgan fingerprint density at radius 3 is 2.95 bits per heavy atom. The molecule has 3 aromatic rings. The third-order valence-corrected chi connectivity index (χ3v) is 4.07. The van der Waals surface area contributed by atoms with E-state index >= 15 is 0 Å². The van der Waals surface area contributed by atoms with Crippen molar-refractivity contribution in [3.05, 3.63) is 46.4 Å². The summed E-state index contributed by atoms with van der Waals surface area (Å²) < 4.78 is 1.16. The van der Waals surface area contributed by atoms with Crippen LogP contribution in [0.1, 0.15) is 5.56 Å². The third kappa shape index (κ3) is 2.37. The minimum absolute atomic E-state index is 0.562. The van der Waals surface area contributed by atoms with Crippen LogP contribution in [-0.2, 0) is 0 Å². The van der Waals surface area contributed by atoms with Gasteiger partial charge >= 0.3 is 0 Å². The quantitative estimate of drug-likeness (QED) is 0.679. The molecule has 5 heteroatoms. The number of aromatic nitrogens is 1. The van der Waals surface area contributed by atoms with Gasteiger partial charge in [0.15, 0.2) is 0 Å². The zero-order valence-electron chi connectivity index (χ0n) is 10.3. The highest BCUT2D eigenvalue weighted by molar-refractivity contribution is 7.16. The van der Waals surface area contributed by atoms with Gasteiger partial charge in [-0.25, -0.2) is 4.98 Å². The van der Waals surface area contributed by atoms with Crippen LogP contribution in [0.5, 0.6) is 0 Å². The first-order valence-corrected chi connectivity index (χ1v) is 7.05. The second kappa shape index (κ2) is 4.72. The fraction of sp³-hybridized carbons (Fsp3) is 0.0714. The second-order valence-corrected chi connectivity index (χ2v) is 5.64. The number of nitrogens with two attached hydrogens (primary N) is 1. The molecule has 0 saturated heterocycles. The van der Waals surface area contributed by atoms with Gasteiger partial charge in [0.25, 0.3) is 0 Å². The summed E-state index contributed by atoms with van der Waals surface area (Å²) >= 11 is 7.68. The molecular weight excluding hydrogens is 278 g/mol. The van der Waals surface area contributed by atoms with E-state index in [4.69, 9.17) is 17.3 Å². The molecule has 1 heterocycles.